The van der Waals surface area contributed by atoms with Gasteiger partial charge in [0.25, 0.3) is 0 Å². The number of aryl methyl sites for hydroxylation is 1. The molecule has 0 saturated heterocycles. The molecule has 12 heavy (non-hydrogen) atoms. The van der Waals surface area contributed by atoms with Gasteiger partial charge in [-0.3, -0.25) is 0 Å². The molecule has 0 atom stereocenters. The van der Waals surface area contributed by atoms with E-state index in [1.807, 2.05) is 11.3 Å². The summed E-state index contributed by atoms with van der Waals surface area (Å²) in [6.07, 6.45) is 7.66. The Kier molecular flexibility index (Phi) is 5.13. The van der Waals surface area contributed by atoms with Crippen molar-refractivity contribution in [1.29, 1.82) is 0 Å². The smallest absolute Gasteiger partial charge is 0.0257 e. The Bertz CT molecular complexity index is 214. The van der Waals surface area contributed by atoms with E-state index in [9.17, 15) is 0 Å². The molecule has 0 saturated carbocycles. The minimum Gasteiger partial charge on any atom is -0.149 e. The zero-order valence-corrected chi connectivity index (χ0v) is 8.57. The molecule has 1 rings (SSSR count). The van der Waals surface area contributed by atoms with Gasteiger partial charge in [-0.25, -0.2) is 0 Å². The molecule has 0 aromatic carbocycles. The standard InChI is InChI=1S/C10H13ClS/c11-8-4-2-1-3-6-10-7-5-9-12-10/h1-2,5,7,9H,3-4,6,8H2. The number of hydrogen-bond donors (Lipinski definition) is 0. The molecule has 0 spiro atoms. The summed E-state index contributed by atoms with van der Waals surface area (Å²) in [5.41, 5.74) is 0. The van der Waals surface area contributed by atoms with Crippen LogP contribution in [0.2, 0.25) is 0 Å². The highest BCUT2D eigenvalue weighted by Crippen LogP contribution is 2.10. The Balaban J connectivity index is 2.11. The monoisotopic (exact) mass is 200 g/mol. The maximum absolute atomic E-state index is 5.53. The van der Waals surface area contributed by atoms with E-state index in [0.717, 1.165) is 25.1 Å². The Morgan fingerprint density at radius 1 is 1.33 bits per heavy atom. The van der Waals surface area contributed by atoms with Crippen LogP contribution in [0.4, 0.5) is 0 Å². The number of hydrogen-bond acceptors (Lipinski definition) is 1. The number of allylic oxidation sites excluding steroid dienone is 2. The van der Waals surface area contributed by atoms with Crippen molar-refractivity contribution < 1.29 is 0 Å². The quantitative estimate of drug-likeness (QED) is 0.500. The third kappa shape index (κ3) is 3.93. The Labute approximate surface area is 82.9 Å². The molecule has 0 amide bonds. The van der Waals surface area contributed by atoms with Crippen molar-refractivity contribution in [2.24, 2.45) is 0 Å². The van der Waals surface area contributed by atoms with Gasteiger partial charge < -0.3 is 0 Å². The molecule has 0 unspecified atom stereocenters. The summed E-state index contributed by atoms with van der Waals surface area (Å²) < 4.78 is 0. The largest absolute Gasteiger partial charge is 0.149 e. The van der Waals surface area contributed by atoms with Crippen molar-refractivity contribution in [1.82, 2.24) is 0 Å². The predicted molar refractivity (Wildman–Crippen MR) is 57.1 cm³/mol. The van der Waals surface area contributed by atoms with Gasteiger partial charge in [-0.15, -0.1) is 22.9 Å². The SMILES string of the molecule is ClCCC=CCCc1cccs1. The van der Waals surface area contributed by atoms with Crippen LogP contribution in [0, 0.1) is 0 Å². The molecule has 0 nitrogen and oxygen atoms in total. The first kappa shape index (κ1) is 9.82. The van der Waals surface area contributed by atoms with E-state index in [1.165, 1.54) is 4.88 Å². The van der Waals surface area contributed by atoms with Gasteiger partial charge in [0.1, 0.15) is 0 Å². The molecule has 66 valence electrons. The fourth-order valence-corrected chi connectivity index (χ4v) is 1.83. The van der Waals surface area contributed by atoms with Crippen LogP contribution in [0.1, 0.15) is 17.7 Å². The van der Waals surface area contributed by atoms with Gasteiger partial charge in [0.15, 0.2) is 0 Å². The highest BCUT2D eigenvalue weighted by Gasteiger charge is 1.89. The Hall–Kier alpha value is -0.270. The molecule has 0 aliphatic carbocycles. The van der Waals surface area contributed by atoms with Crippen LogP contribution in [0.15, 0.2) is 29.7 Å². The Morgan fingerprint density at radius 3 is 2.83 bits per heavy atom. The molecule has 1 aromatic rings. The van der Waals surface area contributed by atoms with Crippen molar-refractivity contribution in [2.45, 2.75) is 19.3 Å². The number of thiophene rings is 1. The van der Waals surface area contributed by atoms with E-state index in [2.05, 4.69) is 29.7 Å². The van der Waals surface area contributed by atoms with Crippen LogP contribution in [-0.4, -0.2) is 5.88 Å². The number of rotatable bonds is 5. The van der Waals surface area contributed by atoms with Crippen molar-refractivity contribution in [3.63, 3.8) is 0 Å². The summed E-state index contributed by atoms with van der Waals surface area (Å²) in [6.45, 7) is 0. The second-order valence-electron chi connectivity index (χ2n) is 2.57. The summed E-state index contributed by atoms with van der Waals surface area (Å²) in [6, 6.07) is 4.28. The zero-order valence-electron chi connectivity index (χ0n) is 7.00. The summed E-state index contributed by atoms with van der Waals surface area (Å²) in [4.78, 5) is 1.46. The van der Waals surface area contributed by atoms with Crippen LogP contribution in [0.25, 0.3) is 0 Å². The minimum atomic E-state index is 0.732. The predicted octanol–water partition coefficient (Wildman–Crippen LogP) is 3.87. The van der Waals surface area contributed by atoms with E-state index in [-0.39, 0.29) is 0 Å². The summed E-state index contributed by atoms with van der Waals surface area (Å²) in [5.74, 6) is 0.732. The maximum Gasteiger partial charge on any atom is 0.0257 e. The summed E-state index contributed by atoms with van der Waals surface area (Å²) >= 11 is 7.36. The normalized spacial score (nSPS) is 11.1. The lowest BCUT2D eigenvalue weighted by Gasteiger charge is -1.90. The average Bonchev–Trinajstić information content (AvgIpc) is 2.57. The van der Waals surface area contributed by atoms with Gasteiger partial charge in [0.05, 0.1) is 0 Å². The van der Waals surface area contributed by atoms with E-state index >= 15 is 0 Å². The van der Waals surface area contributed by atoms with E-state index in [0.29, 0.717) is 0 Å². The first-order chi connectivity index (χ1) is 5.93. The third-order valence-electron chi connectivity index (χ3n) is 1.58. The van der Waals surface area contributed by atoms with E-state index in [1.54, 1.807) is 0 Å². The fraction of sp³-hybridized carbons (Fsp3) is 0.400. The Morgan fingerprint density at radius 2 is 2.17 bits per heavy atom. The van der Waals surface area contributed by atoms with Crippen molar-refractivity contribution in [3.05, 3.63) is 34.5 Å². The summed E-state index contributed by atoms with van der Waals surface area (Å²) in [5, 5.41) is 2.12. The van der Waals surface area contributed by atoms with Gasteiger partial charge in [0, 0.05) is 10.8 Å². The summed E-state index contributed by atoms with van der Waals surface area (Å²) in [7, 11) is 0. The van der Waals surface area contributed by atoms with Gasteiger partial charge in [0.2, 0.25) is 0 Å². The number of halogens is 1. The van der Waals surface area contributed by atoms with Gasteiger partial charge in [-0.1, -0.05) is 18.2 Å². The van der Waals surface area contributed by atoms with Crippen molar-refractivity contribution >= 4 is 22.9 Å². The lowest BCUT2D eigenvalue weighted by atomic mass is 10.2. The second kappa shape index (κ2) is 6.27. The van der Waals surface area contributed by atoms with Crippen LogP contribution < -0.4 is 0 Å². The van der Waals surface area contributed by atoms with E-state index in [4.69, 9.17) is 11.6 Å². The first-order valence-electron chi connectivity index (χ1n) is 4.17. The maximum atomic E-state index is 5.53. The molecule has 0 radical (unpaired) electrons. The van der Waals surface area contributed by atoms with Crippen LogP contribution in [0.3, 0.4) is 0 Å². The average molecular weight is 201 g/mol. The first-order valence-corrected chi connectivity index (χ1v) is 5.58. The molecule has 0 fully saturated rings. The van der Waals surface area contributed by atoms with Crippen molar-refractivity contribution in [2.75, 3.05) is 5.88 Å². The minimum absolute atomic E-state index is 0.732. The highest BCUT2D eigenvalue weighted by molar-refractivity contribution is 7.09. The molecule has 1 heterocycles. The van der Waals surface area contributed by atoms with Gasteiger partial charge in [-0.2, -0.15) is 0 Å². The van der Waals surface area contributed by atoms with Crippen molar-refractivity contribution in [3.8, 4) is 0 Å². The van der Waals surface area contributed by atoms with Crippen LogP contribution in [0.5, 0.6) is 0 Å². The molecule has 0 N–H and O–H groups in total. The lowest BCUT2D eigenvalue weighted by Crippen LogP contribution is -1.75. The van der Waals surface area contributed by atoms with Crippen LogP contribution >= 0.6 is 22.9 Å². The fourth-order valence-electron chi connectivity index (χ4n) is 0.979. The molecule has 0 bridgehead atoms. The van der Waals surface area contributed by atoms with Crippen LogP contribution in [-0.2, 0) is 6.42 Å². The molecule has 2 heteroatoms. The molecule has 0 aliphatic rings. The molecular formula is C10H13ClS. The third-order valence-corrected chi connectivity index (χ3v) is 2.73. The highest BCUT2D eigenvalue weighted by atomic mass is 35.5. The van der Waals surface area contributed by atoms with Gasteiger partial charge in [-0.05, 0) is 30.7 Å². The lowest BCUT2D eigenvalue weighted by molar-refractivity contribution is 1.02. The van der Waals surface area contributed by atoms with E-state index < -0.39 is 0 Å². The topological polar surface area (TPSA) is 0 Å². The van der Waals surface area contributed by atoms with Gasteiger partial charge >= 0.3 is 0 Å². The molecular weight excluding hydrogens is 188 g/mol. The second-order valence-corrected chi connectivity index (χ2v) is 3.98. The molecule has 0 aliphatic heterocycles. The molecule has 1 aromatic heterocycles. The zero-order chi connectivity index (χ0) is 8.65. The number of alkyl halides is 1.